The molecular formula is C34H44N7O10P. The zero-order valence-electron chi connectivity index (χ0n) is 29.9. The molecule has 1 saturated heterocycles. The largest absolute Gasteiger partial charge is 0.524 e. The highest BCUT2D eigenvalue weighted by molar-refractivity contribution is 7.46. The molecule has 17 nitrogen and oxygen atoms in total. The summed E-state index contributed by atoms with van der Waals surface area (Å²) in [4.78, 5) is 49.5. The maximum atomic E-state index is 13.4. The highest BCUT2D eigenvalue weighted by Crippen LogP contribution is 2.45. The molecule has 1 aliphatic heterocycles. The first kappa shape index (κ1) is 37.2. The van der Waals surface area contributed by atoms with Gasteiger partial charge in [0.2, 0.25) is 0 Å². The highest BCUT2D eigenvalue weighted by Gasteiger charge is 2.40. The molecule has 3 aromatic heterocycles. The van der Waals surface area contributed by atoms with E-state index in [4.69, 9.17) is 28.6 Å². The van der Waals surface area contributed by atoms with Crippen LogP contribution in [0.3, 0.4) is 0 Å². The van der Waals surface area contributed by atoms with Gasteiger partial charge in [0.15, 0.2) is 12.5 Å². The van der Waals surface area contributed by atoms with E-state index in [9.17, 15) is 23.9 Å². The Balaban J connectivity index is 1.21. The number of carbonyl (C=O) groups is 2. The van der Waals surface area contributed by atoms with Gasteiger partial charge in [0.05, 0.1) is 31.0 Å². The summed E-state index contributed by atoms with van der Waals surface area (Å²) in [6, 6.07) is 6.99. The molecule has 1 aromatic carbocycles. The lowest BCUT2D eigenvalue weighted by atomic mass is 9.78. The third-order valence-corrected chi connectivity index (χ3v) is 9.45. The Morgan fingerprint density at radius 1 is 1.15 bits per heavy atom. The fraction of sp³-hybridized carbons (Fsp3) is 0.500. The smallest absolute Gasteiger partial charge is 0.444 e. The van der Waals surface area contributed by atoms with E-state index in [1.807, 2.05) is 19.1 Å². The maximum absolute atomic E-state index is 13.4. The minimum absolute atomic E-state index is 0.000102. The number of methoxy groups -OCH3 is 1. The van der Waals surface area contributed by atoms with Gasteiger partial charge in [-0.25, -0.2) is 23.5 Å². The predicted octanol–water partition coefficient (Wildman–Crippen LogP) is 4.88. The summed E-state index contributed by atoms with van der Waals surface area (Å²) >= 11 is 0. The molecule has 0 bridgehead atoms. The van der Waals surface area contributed by atoms with Gasteiger partial charge < -0.3 is 34.1 Å². The molecule has 4 heterocycles. The number of nitrogens with zero attached hydrogens (tertiary/aromatic N) is 5. The summed E-state index contributed by atoms with van der Waals surface area (Å²) in [6.45, 7) is 9.30. The molecule has 18 heteroatoms. The Bertz CT molecular complexity index is 2020. The van der Waals surface area contributed by atoms with Crippen molar-refractivity contribution in [2.75, 3.05) is 19.0 Å². The quantitative estimate of drug-likeness (QED) is 0.100. The van der Waals surface area contributed by atoms with Crippen molar-refractivity contribution >= 4 is 37.0 Å². The molecule has 4 aromatic rings. The van der Waals surface area contributed by atoms with E-state index in [-0.39, 0.29) is 31.0 Å². The zero-order chi connectivity index (χ0) is 37.4. The van der Waals surface area contributed by atoms with Crippen LogP contribution in [0.1, 0.15) is 80.6 Å². The molecule has 2 aliphatic rings. The van der Waals surface area contributed by atoms with Crippen LogP contribution in [0.15, 0.2) is 36.7 Å². The van der Waals surface area contributed by atoms with Crippen molar-refractivity contribution in [1.82, 2.24) is 29.7 Å². The Morgan fingerprint density at radius 2 is 1.92 bits per heavy atom. The number of nitrogens with one attached hydrogen (secondary N) is 2. The number of fused-ring (bicyclic) bond motifs is 1. The van der Waals surface area contributed by atoms with E-state index in [0.717, 1.165) is 18.4 Å². The van der Waals surface area contributed by atoms with Crippen molar-refractivity contribution in [2.24, 2.45) is 0 Å². The van der Waals surface area contributed by atoms with E-state index in [1.54, 1.807) is 57.8 Å². The SMILES string of the molecule is COCc1cc2c(Nc3cc([C@H]4C[C@@H](OC(=O)NC5(C)CC5)CO4)nn3COC(=O)CC(C)(C)c3c(C)cc(C)cc3OP(=O)(O)O)nccn2n1. The van der Waals surface area contributed by atoms with Crippen LogP contribution in [0.25, 0.3) is 5.52 Å². The normalized spacial score (nSPS) is 18.3. The first-order chi connectivity index (χ1) is 24.5. The standard InChI is InChI=1S/C34H44N7O10P/c1-20-11-21(2)30(27(12-20)51-52(44,45)46)33(3,4)16-29(42)49-19-41-28(36-31-25-13-22(17-47-6)38-40(25)10-9-35-31)15-24(39-41)26-14-23(18-48-26)50-32(43)37-34(5)7-8-34/h9-13,15,23,26H,7-8,14,16-19H2,1-6H3,(H,35,36)(H,37,43)(H2,44,45,46)/t23-,26-/m1/s1. The van der Waals surface area contributed by atoms with E-state index in [1.165, 1.54) is 10.7 Å². The Kier molecular flexibility index (Phi) is 10.4. The number of aromatic nitrogens is 5. The fourth-order valence-corrected chi connectivity index (χ4v) is 6.86. The molecule has 1 aliphatic carbocycles. The van der Waals surface area contributed by atoms with Crippen molar-refractivity contribution in [1.29, 1.82) is 0 Å². The number of amides is 1. The van der Waals surface area contributed by atoms with Crippen LogP contribution in [0.2, 0.25) is 0 Å². The van der Waals surface area contributed by atoms with Crippen LogP contribution in [-0.4, -0.2) is 71.6 Å². The first-order valence-corrected chi connectivity index (χ1v) is 18.3. The van der Waals surface area contributed by atoms with E-state index in [0.29, 0.717) is 52.7 Å². The van der Waals surface area contributed by atoms with E-state index in [2.05, 4.69) is 20.7 Å². The molecule has 4 N–H and O–H groups in total. The number of alkyl carbamates (subject to hydrolysis) is 1. The van der Waals surface area contributed by atoms with Crippen molar-refractivity contribution in [3.05, 3.63) is 64.7 Å². The Labute approximate surface area is 300 Å². The number of hydrogen-bond donors (Lipinski definition) is 4. The summed E-state index contributed by atoms with van der Waals surface area (Å²) in [6.07, 6.45) is 3.90. The predicted molar refractivity (Wildman–Crippen MR) is 186 cm³/mol. The lowest BCUT2D eigenvalue weighted by Crippen LogP contribution is -2.37. The second-order valence-electron chi connectivity index (χ2n) is 14.3. The van der Waals surface area contributed by atoms with Crippen LogP contribution in [0, 0.1) is 13.8 Å². The van der Waals surface area contributed by atoms with E-state index < -0.39 is 37.5 Å². The summed E-state index contributed by atoms with van der Waals surface area (Å²) in [5, 5.41) is 15.4. The van der Waals surface area contributed by atoms with E-state index >= 15 is 0 Å². The molecule has 0 radical (unpaired) electrons. The lowest BCUT2D eigenvalue weighted by Gasteiger charge is -2.29. The van der Waals surface area contributed by atoms with Gasteiger partial charge in [-0.05, 0) is 56.9 Å². The van der Waals surface area contributed by atoms with Crippen LogP contribution in [-0.2, 0) is 47.1 Å². The van der Waals surface area contributed by atoms with Crippen molar-refractivity contribution in [2.45, 2.75) is 96.8 Å². The number of anilines is 2. The third kappa shape index (κ3) is 8.90. The number of rotatable bonds is 14. The van der Waals surface area contributed by atoms with Gasteiger partial charge >= 0.3 is 19.9 Å². The Hall–Kier alpha value is -4.54. The summed E-state index contributed by atoms with van der Waals surface area (Å²) in [5.74, 6) is 0.316. The highest BCUT2D eigenvalue weighted by atomic mass is 31.2. The molecule has 2 fully saturated rings. The number of benzene rings is 1. The van der Waals surface area contributed by atoms with Gasteiger partial charge in [0.1, 0.15) is 29.3 Å². The zero-order valence-corrected chi connectivity index (χ0v) is 30.8. The molecule has 0 spiro atoms. The summed E-state index contributed by atoms with van der Waals surface area (Å²) in [5.41, 5.74) is 2.67. The molecule has 0 unspecified atom stereocenters. The second kappa shape index (κ2) is 14.5. The van der Waals surface area contributed by atoms with Crippen molar-refractivity contribution in [3.8, 4) is 5.75 Å². The number of carbonyl (C=O) groups excluding carboxylic acids is 2. The van der Waals surface area contributed by atoms with Gasteiger partial charge in [-0.3, -0.25) is 14.6 Å². The second-order valence-corrected chi connectivity index (χ2v) is 15.4. The Morgan fingerprint density at radius 3 is 2.63 bits per heavy atom. The molecule has 1 saturated carbocycles. The van der Waals surface area contributed by atoms with Crippen LogP contribution in [0.4, 0.5) is 16.4 Å². The molecule has 2 atom stereocenters. The average Bonchev–Trinajstić information content (AvgIpc) is 3.38. The first-order valence-electron chi connectivity index (χ1n) is 16.8. The average molecular weight is 742 g/mol. The number of ether oxygens (including phenoxy) is 4. The van der Waals surface area contributed by atoms with Gasteiger partial charge in [-0.15, -0.1) is 0 Å². The number of hydrogen-bond acceptors (Lipinski definition) is 12. The molecule has 6 rings (SSSR count). The lowest BCUT2D eigenvalue weighted by molar-refractivity contribution is -0.149. The summed E-state index contributed by atoms with van der Waals surface area (Å²) < 4.78 is 42.6. The molecular weight excluding hydrogens is 697 g/mol. The fourth-order valence-electron chi connectivity index (χ4n) is 6.46. The minimum atomic E-state index is -4.88. The molecule has 280 valence electrons. The monoisotopic (exact) mass is 741 g/mol. The van der Waals surface area contributed by atoms with Crippen LogP contribution < -0.4 is 15.2 Å². The van der Waals surface area contributed by atoms with Gasteiger partial charge in [-0.1, -0.05) is 19.9 Å². The van der Waals surface area contributed by atoms with Crippen LogP contribution >= 0.6 is 7.82 Å². The van der Waals surface area contributed by atoms with Gasteiger partial charge in [0.25, 0.3) is 0 Å². The van der Waals surface area contributed by atoms with Gasteiger partial charge in [0, 0.05) is 48.5 Å². The third-order valence-electron chi connectivity index (χ3n) is 9.02. The van der Waals surface area contributed by atoms with Crippen molar-refractivity contribution in [3.63, 3.8) is 0 Å². The van der Waals surface area contributed by atoms with Gasteiger partial charge in [-0.2, -0.15) is 10.2 Å². The number of aryl methyl sites for hydroxylation is 2. The molecule has 52 heavy (non-hydrogen) atoms. The number of phosphoric acid groups is 1. The minimum Gasteiger partial charge on any atom is -0.444 e. The summed E-state index contributed by atoms with van der Waals surface area (Å²) in [7, 11) is -3.29. The topological polar surface area (TPSA) is 210 Å². The maximum Gasteiger partial charge on any atom is 0.524 e. The number of phosphoric ester groups is 1. The van der Waals surface area contributed by atoms with Crippen molar-refractivity contribution < 1.29 is 47.4 Å². The number of esters is 1. The molecule has 1 amide bonds. The van der Waals surface area contributed by atoms with Crippen LogP contribution in [0.5, 0.6) is 5.75 Å².